The molecule has 0 aromatic heterocycles. The molecule has 2 nitrogen and oxygen atoms in total. The first kappa shape index (κ1) is 10.4. The van der Waals surface area contributed by atoms with Crippen LogP contribution in [-0.2, 0) is 0 Å². The number of thiocarbonyl (C=S) groups is 1. The Morgan fingerprint density at radius 1 is 1.31 bits per heavy atom. The molecule has 1 aromatic rings. The molecular formula is C8H3Cl2NOS. The molecule has 0 unspecified atom stereocenters. The topological polar surface area (TPSA) is 29.4 Å². The van der Waals surface area contributed by atoms with E-state index >= 15 is 0 Å². The van der Waals surface area contributed by atoms with Gasteiger partial charge in [-0.2, -0.15) is 4.99 Å². The van der Waals surface area contributed by atoms with Gasteiger partial charge >= 0.3 is 0 Å². The lowest BCUT2D eigenvalue weighted by Gasteiger charge is -1.96. The molecule has 13 heavy (non-hydrogen) atoms. The van der Waals surface area contributed by atoms with E-state index in [1.165, 1.54) is 18.2 Å². The summed E-state index contributed by atoms with van der Waals surface area (Å²) in [4.78, 5) is 14.4. The van der Waals surface area contributed by atoms with Crippen LogP contribution >= 0.6 is 35.4 Å². The molecule has 1 rings (SSSR count). The van der Waals surface area contributed by atoms with Crippen LogP contribution in [0.15, 0.2) is 23.2 Å². The number of amides is 1. The monoisotopic (exact) mass is 231 g/mol. The van der Waals surface area contributed by atoms with Crippen molar-refractivity contribution in [1.82, 2.24) is 0 Å². The average molecular weight is 232 g/mol. The number of isothiocyanates is 1. The molecule has 0 N–H and O–H groups in total. The summed E-state index contributed by atoms with van der Waals surface area (Å²) < 4.78 is 0. The van der Waals surface area contributed by atoms with E-state index in [1.807, 2.05) is 5.16 Å². The number of nitrogens with zero attached hydrogens (tertiary/aromatic N) is 1. The van der Waals surface area contributed by atoms with Gasteiger partial charge in [0, 0.05) is 15.6 Å². The maximum absolute atomic E-state index is 11.1. The Bertz CT molecular complexity index is 379. The van der Waals surface area contributed by atoms with Crippen LogP contribution in [0.1, 0.15) is 10.4 Å². The van der Waals surface area contributed by atoms with Crippen molar-refractivity contribution in [2.24, 2.45) is 4.99 Å². The number of carbonyl (C=O) groups excluding carboxylic acids is 1. The van der Waals surface area contributed by atoms with Gasteiger partial charge in [-0.3, -0.25) is 4.79 Å². The van der Waals surface area contributed by atoms with Crippen molar-refractivity contribution in [3.8, 4) is 0 Å². The number of aliphatic imine (C=N–C) groups is 1. The fourth-order valence-corrected chi connectivity index (χ4v) is 1.39. The summed E-state index contributed by atoms with van der Waals surface area (Å²) in [6.45, 7) is 0. The predicted octanol–water partition coefficient (Wildman–Crippen LogP) is 3.24. The smallest absolute Gasteiger partial charge is 0.266 e. The second kappa shape index (κ2) is 4.49. The van der Waals surface area contributed by atoms with Gasteiger partial charge in [0.1, 0.15) is 0 Å². The molecule has 0 saturated heterocycles. The summed E-state index contributed by atoms with van der Waals surface area (Å²) in [5, 5.41) is 2.75. The molecule has 0 aliphatic rings. The number of carbonyl (C=O) groups is 1. The van der Waals surface area contributed by atoms with Crippen molar-refractivity contribution in [1.29, 1.82) is 0 Å². The zero-order chi connectivity index (χ0) is 9.84. The van der Waals surface area contributed by atoms with Crippen LogP contribution in [0, 0.1) is 0 Å². The van der Waals surface area contributed by atoms with Crippen molar-refractivity contribution >= 4 is 46.5 Å². The van der Waals surface area contributed by atoms with Gasteiger partial charge in [-0.1, -0.05) is 23.2 Å². The number of hydrogen-bond donors (Lipinski definition) is 0. The van der Waals surface area contributed by atoms with E-state index < -0.39 is 5.91 Å². The van der Waals surface area contributed by atoms with Gasteiger partial charge in [0.2, 0.25) is 0 Å². The molecular weight excluding hydrogens is 229 g/mol. The summed E-state index contributed by atoms with van der Waals surface area (Å²) in [7, 11) is 0. The molecule has 0 radical (unpaired) electrons. The van der Waals surface area contributed by atoms with Crippen LogP contribution in [0.4, 0.5) is 0 Å². The normalized spacial score (nSPS) is 9.08. The fourth-order valence-electron chi connectivity index (χ4n) is 0.783. The molecule has 0 atom stereocenters. The highest BCUT2D eigenvalue weighted by Gasteiger charge is 2.05. The van der Waals surface area contributed by atoms with E-state index in [2.05, 4.69) is 17.2 Å². The Morgan fingerprint density at radius 3 is 2.31 bits per heavy atom. The third-order valence-corrected chi connectivity index (χ3v) is 1.78. The number of rotatable bonds is 1. The first-order valence-corrected chi connectivity index (χ1v) is 4.38. The van der Waals surface area contributed by atoms with Gasteiger partial charge < -0.3 is 0 Å². The second-order valence-corrected chi connectivity index (χ2v) is 3.22. The third-order valence-electron chi connectivity index (χ3n) is 1.26. The minimum absolute atomic E-state index is 0.301. The van der Waals surface area contributed by atoms with Gasteiger partial charge in [0.05, 0.1) is 5.16 Å². The number of benzene rings is 1. The highest BCUT2D eigenvalue weighted by atomic mass is 35.5. The van der Waals surface area contributed by atoms with Gasteiger partial charge in [0.15, 0.2) is 0 Å². The second-order valence-electron chi connectivity index (χ2n) is 2.17. The summed E-state index contributed by atoms with van der Waals surface area (Å²) in [5.41, 5.74) is 0.301. The lowest BCUT2D eigenvalue weighted by atomic mass is 10.2. The first-order chi connectivity index (χ1) is 6.13. The largest absolute Gasteiger partial charge is 0.285 e. The molecule has 0 saturated carbocycles. The van der Waals surface area contributed by atoms with E-state index in [0.717, 1.165) is 0 Å². The summed E-state index contributed by atoms with van der Waals surface area (Å²) in [5.74, 6) is -0.501. The highest BCUT2D eigenvalue weighted by molar-refractivity contribution is 7.78. The Labute approximate surface area is 90.2 Å². The summed E-state index contributed by atoms with van der Waals surface area (Å²) in [6.07, 6.45) is 0. The lowest BCUT2D eigenvalue weighted by molar-refractivity contribution is 0.100. The maximum Gasteiger partial charge on any atom is 0.285 e. The molecule has 0 aliphatic heterocycles. The quantitative estimate of drug-likeness (QED) is 0.549. The number of hydrogen-bond acceptors (Lipinski definition) is 2. The van der Waals surface area contributed by atoms with Crippen LogP contribution in [0.5, 0.6) is 0 Å². The van der Waals surface area contributed by atoms with Crippen LogP contribution in [0.25, 0.3) is 0 Å². The Hall–Kier alpha value is -0.730. The molecule has 0 heterocycles. The van der Waals surface area contributed by atoms with Crippen molar-refractivity contribution in [2.75, 3.05) is 0 Å². The SMILES string of the molecule is O=C(N=C=S)c1cc(Cl)cc(Cl)c1. The summed E-state index contributed by atoms with van der Waals surface area (Å²) >= 11 is 15.6. The van der Waals surface area contributed by atoms with E-state index in [0.29, 0.717) is 15.6 Å². The van der Waals surface area contributed by atoms with Crippen LogP contribution in [0.2, 0.25) is 10.0 Å². The molecule has 1 amide bonds. The molecule has 0 fully saturated rings. The zero-order valence-corrected chi connectivity index (χ0v) is 8.58. The van der Waals surface area contributed by atoms with E-state index in [9.17, 15) is 4.79 Å². The van der Waals surface area contributed by atoms with Gasteiger partial charge in [-0.05, 0) is 30.4 Å². The minimum Gasteiger partial charge on any atom is -0.266 e. The van der Waals surface area contributed by atoms with Gasteiger partial charge in [-0.25, -0.2) is 0 Å². The highest BCUT2D eigenvalue weighted by Crippen LogP contribution is 2.19. The first-order valence-electron chi connectivity index (χ1n) is 3.22. The minimum atomic E-state index is -0.501. The summed E-state index contributed by atoms with van der Waals surface area (Å²) in [6, 6.07) is 4.46. The van der Waals surface area contributed by atoms with Gasteiger partial charge in [-0.15, -0.1) is 0 Å². The molecule has 0 spiro atoms. The van der Waals surface area contributed by atoms with Crippen LogP contribution < -0.4 is 0 Å². The van der Waals surface area contributed by atoms with Crippen molar-refractivity contribution < 1.29 is 4.79 Å². The third kappa shape index (κ3) is 2.90. The van der Waals surface area contributed by atoms with E-state index in [1.54, 1.807) is 0 Å². The fraction of sp³-hybridized carbons (Fsp3) is 0. The van der Waals surface area contributed by atoms with Crippen LogP contribution in [0.3, 0.4) is 0 Å². The molecule has 1 aromatic carbocycles. The van der Waals surface area contributed by atoms with Crippen molar-refractivity contribution in [3.63, 3.8) is 0 Å². The predicted molar refractivity (Wildman–Crippen MR) is 55.8 cm³/mol. The van der Waals surface area contributed by atoms with Crippen molar-refractivity contribution in [2.45, 2.75) is 0 Å². The zero-order valence-electron chi connectivity index (χ0n) is 6.25. The maximum atomic E-state index is 11.1. The Morgan fingerprint density at radius 2 is 1.85 bits per heavy atom. The van der Waals surface area contributed by atoms with E-state index in [-0.39, 0.29) is 0 Å². The van der Waals surface area contributed by atoms with Crippen molar-refractivity contribution in [3.05, 3.63) is 33.8 Å². The van der Waals surface area contributed by atoms with Gasteiger partial charge in [0.25, 0.3) is 5.91 Å². The Balaban J connectivity index is 3.15. The van der Waals surface area contributed by atoms with Crippen LogP contribution in [-0.4, -0.2) is 11.1 Å². The lowest BCUT2D eigenvalue weighted by Crippen LogP contribution is -1.93. The molecule has 0 bridgehead atoms. The molecule has 66 valence electrons. The Kier molecular flexibility index (Phi) is 3.58. The van der Waals surface area contributed by atoms with E-state index in [4.69, 9.17) is 23.2 Å². The average Bonchev–Trinajstić information content (AvgIpc) is 2.03. The molecule has 5 heteroatoms. The molecule has 0 aliphatic carbocycles. The standard InChI is InChI=1S/C8H3Cl2NOS/c9-6-1-5(2-7(10)3-6)8(12)11-4-13/h1-3H. The number of halogens is 2.